The smallest absolute Gasteiger partial charge is 0.348 e. The summed E-state index contributed by atoms with van der Waals surface area (Å²) in [6, 6.07) is 23.1. The zero-order valence-electron chi connectivity index (χ0n) is 18.6. The van der Waals surface area contributed by atoms with Crippen molar-refractivity contribution in [2.75, 3.05) is 20.2 Å². The number of carbonyl (C=O) groups excluding carboxylic acids is 1. The molecule has 0 unspecified atom stereocenters. The number of thiophene rings is 1. The van der Waals surface area contributed by atoms with Gasteiger partial charge in [0.1, 0.15) is 4.88 Å². The fourth-order valence-electron chi connectivity index (χ4n) is 3.70. The van der Waals surface area contributed by atoms with Crippen molar-refractivity contribution in [3.8, 4) is 0 Å². The molecule has 2 N–H and O–H groups in total. The van der Waals surface area contributed by atoms with Crippen LogP contribution in [0.15, 0.2) is 72.8 Å². The van der Waals surface area contributed by atoms with E-state index in [9.17, 15) is 15.0 Å². The number of carbonyl (C=O) groups is 1. The van der Waals surface area contributed by atoms with Gasteiger partial charge < -0.3 is 14.9 Å². The van der Waals surface area contributed by atoms with E-state index in [0.717, 1.165) is 28.8 Å². The summed E-state index contributed by atoms with van der Waals surface area (Å²) in [6.07, 6.45) is 0.357. The summed E-state index contributed by atoms with van der Waals surface area (Å²) in [4.78, 5) is 15.6. The fourth-order valence-corrected chi connectivity index (χ4v) is 4.64. The van der Waals surface area contributed by atoms with E-state index >= 15 is 0 Å². The zero-order chi connectivity index (χ0) is 22.9. The maximum absolute atomic E-state index is 11.7. The molecule has 5 nitrogen and oxygen atoms in total. The van der Waals surface area contributed by atoms with Gasteiger partial charge in [-0.15, -0.1) is 11.3 Å². The van der Waals surface area contributed by atoms with Crippen molar-refractivity contribution in [2.24, 2.45) is 0 Å². The molecule has 0 spiro atoms. The first-order valence-corrected chi connectivity index (χ1v) is 11.7. The molecule has 0 saturated carbocycles. The minimum absolute atomic E-state index is 0.121. The van der Waals surface area contributed by atoms with Crippen LogP contribution in [0, 0.1) is 0 Å². The highest BCUT2D eigenvalue weighted by atomic mass is 32.1. The molecule has 0 saturated heterocycles. The van der Waals surface area contributed by atoms with Crippen LogP contribution in [0.1, 0.15) is 51.2 Å². The standard InChI is InChI=1S/C26H31NO4S/c1-19(13-14-22-15-16-25(32-22)26(30)31-2)27(17-23(28)20-9-5-3-6-10-20)18-24(29)21-11-7-4-8-12-21/h3-12,15-16,19,23-24,28-29H,13-14,17-18H2,1-2H3/t19-,23+,24+/m1/s1. The van der Waals surface area contributed by atoms with Gasteiger partial charge in [-0.05, 0) is 43.0 Å². The average molecular weight is 454 g/mol. The Hall–Kier alpha value is -2.51. The SMILES string of the molecule is COC(=O)c1ccc(CC[C@@H](C)N(C[C@H](O)c2ccccc2)C[C@H](O)c2ccccc2)s1. The predicted octanol–water partition coefficient (Wildman–Crippen LogP) is 4.63. The summed E-state index contributed by atoms with van der Waals surface area (Å²) in [5.74, 6) is -0.312. The molecule has 0 bridgehead atoms. The predicted molar refractivity (Wildman–Crippen MR) is 128 cm³/mol. The number of aliphatic hydroxyl groups excluding tert-OH is 2. The van der Waals surface area contributed by atoms with Gasteiger partial charge in [-0.1, -0.05) is 60.7 Å². The lowest BCUT2D eigenvalue weighted by Gasteiger charge is -2.33. The number of ether oxygens (including phenoxy) is 1. The van der Waals surface area contributed by atoms with Crippen molar-refractivity contribution in [2.45, 2.75) is 38.0 Å². The highest BCUT2D eigenvalue weighted by Gasteiger charge is 2.22. The molecule has 0 fully saturated rings. The van der Waals surface area contributed by atoms with Gasteiger partial charge in [0, 0.05) is 24.0 Å². The van der Waals surface area contributed by atoms with Gasteiger partial charge in [0.25, 0.3) is 0 Å². The van der Waals surface area contributed by atoms with Crippen molar-refractivity contribution in [1.82, 2.24) is 4.90 Å². The van der Waals surface area contributed by atoms with E-state index in [4.69, 9.17) is 4.74 Å². The molecular weight excluding hydrogens is 422 g/mol. The molecule has 32 heavy (non-hydrogen) atoms. The lowest BCUT2D eigenvalue weighted by Crippen LogP contribution is -2.39. The number of nitrogens with zero attached hydrogens (tertiary/aromatic N) is 1. The Morgan fingerprint density at radius 1 is 0.906 bits per heavy atom. The molecule has 0 amide bonds. The van der Waals surface area contributed by atoms with Crippen LogP contribution in [0.4, 0.5) is 0 Å². The molecule has 6 heteroatoms. The van der Waals surface area contributed by atoms with Gasteiger partial charge in [-0.2, -0.15) is 0 Å². The number of esters is 1. The summed E-state index contributed by atoms with van der Waals surface area (Å²) in [5, 5.41) is 21.7. The lowest BCUT2D eigenvalue weighted by molar-refractivity contribution is 0.0461. The minimum atomic E-state index is -0.644. The third-order valence-corrected chi connectivity index (χ3v) is 6.79. The molecule has 2 aromatic carbocycles. The van der Waals surface area contributed by atoms with E-state index in [1.165, 1.54) is 18.4 Å². The van der Waals surface area contributed by atoms with Gasteiger partial charge >= 0.3 is 5.97 Å². The summed E-state index contributed by atoms with van der Waals surface area (Å²) < 4.78 is 4.79. The lowest BCUT2D eigenvalue weighted by atomic mass is 10.0. The first-order chi connectivity index (χ1) is 15.5. The van der Waals surface area contributed by atoms with E-state index < -0.39 is 12.2 Å². The third kappa shape index (κ3) is 6.74. The van der Waals surface area contributed by atoms with Crippen molar-refractivity contribution in [1.29, 1.82) is 0 Å². The second-order valence-electron chi connectivity index (χ2n) is 7.95. The van der Waals surface area contributed by atoms with Crippen molar-refractivity contribution >= 4 is 17.3 Å². The third-order valence-electron chi connectivity index (χ3n) is 5.66. The van der Waals surface area contributed by atoms with Gasteiger partial charge in [0.05, 0.1) is 19.3 Å². The van der Waals surface area contributed by atoms with E-state index in [2.05, 4.69) is 11.8 Å². The van der Waals surface area contributed by atoms with Crippen LogP contribution in [0.3, 0.4) is 0 Å². The van der Waals surface area contributed by atoms with Crippen LogP contribution in [-0.2, 0) is 11.2 Å². The fraction of sp³-hybridized carbons (Fsp3) is 0.346. The van der Waals surface area contributed by atoms with Crippen molar-refractivity contribution in [3.05, 3.63) is 93.7 Å². The van der Waals surface area contributed by atoms with Gasteiger partial charge in [-0.25, -0.2) is 4.79 Å². The van der Waals surface area contributed by atoms with E-state index in [1.807, 2.05) is 66.7 Å². The number of benzene rings is 2. The highest BCUT2D eigenvalue weighted by Crippen LogP contribution is 2.24. The first-order valence-electron chi connectivity index (χ1n) is 10.8. The van der Waals surface area contributed by atoms with Crippen LogP contribution in [-0.4, -0.2) is 47.3 Å². The average Bonchev–Trinajstić information content (AvgIpc) is 3.31. The van der Waals surface area contributed by atoms with E-state index in [1.54, 1.807) is 6.07 Å². The molecule has 0 aliphatic carbocycles. The van der Waals surface area contributed by atoms with Crippen LogP contribution in [0.25, 0.3) is 0 Å². The Morgan fingerprint density at radius 2 is 1.44 bits per heavy atom. The molecule has 0 radical (unpaired) electrons. The molecule has 3 aromatic rings. The Bertz CT molecular complexity index is 913. The van der Waals surface area contributed by atoms with Crippen LogP contribution < -0.4 is 0 Å². The number of aryl methyl sites for hydroxylation is 1. The number of hydrogen-bond acceptors (Lipinski definition) is 6. The second-order valence-corrected chi connectivity index (χ2v) is 9.12. The summed E-state index contributed by atoms with van der Waals surface area (Å²) in [6.45, 7) is 2.96. The molecule has 3 rings (SSSR count). The van der Waals surface area contributed by atoms with Crippen LogP contribution in [0.2, 0.25) is 0 Å². The Labute approximate surface area is 193 Å². The number of methoxy groups -OCH3 is 1. The quantitative estimate of drug-likeness (QED) is 0.415. The summed E-state index contributed by atoms with van der Waals surface area (Å²) >= 11 is 1.45. The highest BCUT2D eigenvalue weighted by molar-refractivity contribution is 7.13. The topological polar surface area (TPSA) is 70.0 Å². The second kappa shape index (κ2) is 11.9. The van der Waals surface area contributed by atoms with Gasteiger partial charge in [-0.3, -0.25) is 4.90 Å². The van der Waals surface area contributed by atoms with Crippen LogP contribution >= 0.6 is 11.3 Å². The Kier molecular flexibility index (Phi) is 9.00. The number of rotatable bonds is 11. The molecule has 1 aromatic heterocycles. The van der Waals surface area contributed by atoms with Crippen molar-refractivity contribution in [3.63, 3.8) is 0 Å². The monoisotopic (exact) mass is 453 g/mol. The molecule has 1 heterocycles. The summed E-state index contributed by atoms with van der Waals surface area (Å²) in [5.41, 5.74) is 1.72. The molecule has 0 aliphatic rings. The van der Waals surface area contributed by atoms with E-state index in [-0.39, 0.29) is 12.0 Å². The maximum Gasteiger partial charge on any atom is 0.348 e. The molecule has 170 valence electrons. The molecule has 0 aliphatic heterocycles. The Balaban J connectivity index is 1.68. The van der Waals surface area contributed by atoms with Crippen molar-refractivity contribution < 1.29 is 19.7 Å². The number of hydrogen-bond donors (Lipinski definition) is 2. The molecular formula is C26H31NO4S. The number of aliphatic hydroxyl groups is 2. The normalized spacial score (nSPS) is 14.2. The zero-order valence-corrected chi connectivity index (χ0v) is 19.4. The van der Waals surface area contributed by atoms with Gasteiger partial charge in [0.2, 0.25) is 0 Å². The maximum atomic E-state index is 11.7. The minimum Gasteiger partial charge on any atom is -0.465 e. The Morgan fingerprint density at radius 3 is 1.94 bits per heavy atom. The molecule has 3 atom stereocenters. The van der Waals surface area contributed by atoms with E-state index in [0.29, 0.717) is 18.0 Å². The largest absolute Gasteiger partial charge is 0.465 e. The van der Waals surface area contributed by atoms with Crippen LogP contribution in [0.5, 0.6) is 0 Å². The summed E-state index contributed by atoms with van der Waals surface area (Å²) in [7, 11) is 1.39. The first kappa shape index (κ1) is 24.1. The van der Waals surface area contributed by atoms with Gasteiger partial charge in [0.15, 0.2) is 0 Å².